The van der Waals surface area contributed by atoms with E-state index in [0.717, 1.165) is 17.8 Å². The molecule has 0 bridgehead atoms. The van der Waals surface area contributed by atoms with Gasteiger partial charge >= 0.3 is 0 Å². The van der Waals surface area contributed by atoms with Crippen molar-refractivity contribution >= 4 is 0 Å². The van der Waals surface area contributed by atoms with Crippen molar-refractivity contribution in [3.8, 4) is 0 Å². The molecule has 0 aromatic carbocycles. The summed E-state index contributed by atoms with van der Waals surface area (Å²) in [6, 6.07) is 0. The Hall–Kier alpha value is -0.260. The number of rotatable bonds is 3. The van der Waals surface area contributed by atoms with Gasteiger partial charge in [-0.2, -0.15) is 0 Å². The maximum Gasteiger partial charge on any atom is -0.0231 e. The Balaban J connectivity index is 2.08. The SMILES string of the molecule is C=CC1CC(CC(C)C)C1. The summed E-state index contributed by atoms with van der Waals surface area (Å²) in [4.78, 5) is 0. The molecule has 1 fully saturated rings. The monoisotopic (exact) mass is 138 g/mol. The van der Waals surface area contributed by atoms with Crippen LogP contribution in [0.25, 0.3) is 0 Å². The highest BCUT2D eigenvalue weighted by molar-refractivity contribution is 4.90. The Labute approximate surface area is 64.3 Å². The summed E-state index contributed by atoms with van der Waals surface area (Å²) < 4.78 is 0. The van der Waals surface area contributed by atoms with Crippen LogP contribution in [0.5, 0.6) is 0 Å². The van der Waals surface area contributed by atoms with Crippen molar-refractivity contribution in [3.63, 3.8) is 0 Å². The van der Waals surface area contributed by atoms with E-state index >= 15 is 0 Å². The first-order valence-corrected chi connectivity index (χ1v) is 4.35. The fourth-order valence-electron chi connectivity index (χ4n) is 1.84. The van der Waals surface area contributed by atoms with Gasteiger partial charge < -0.3 is 0 Å². The number of hydrogen-bond acceptors (Lipinski definition) is 0. The molecule has 0 aliphatic heterocycles. The topological polar surface area (TPSA) is 0 Å². The van der Waals surface area contributed by atoms with Crippen molar-refractivity contribution in [2.75, 3.05) is 0 Å². The first kappa shape index (κ1) is 7.84. The molecular formula is C10H18. The van der Waals surface area contributed by atoms with Gasteiger partial charge in [0, 0.05) is 0 Å². The predicted molar refractivity (Wildman–Crippen MR) is 45.9 cm³/mol. The van der Waals surface area contributed by atoms with Crippen LogP contribution in [0.15, 0.2) is 12.7 Å². The van der Waals surface area contributed by atoms with Crippen molar-refractivity contribution in [3.05, 3.63) is 12.7 Å². The Kier molecular flexibility index (Phi) is 2.53. The zero-order valence-electron chi connectivity index (χ0n) is 7.14. The van der Waals surface area contributed by atoms with E-state index in [-0.39, 0.29) is 0 Å². The molecule has 0 radical (unpaired) electrons. The van der Waals surface area contributed by atoms with E-state index in [0.29, 0.717) is 0 Å². The largest absolute Gasteiger partial charge is 0.103 e. The molecule has 0 atom stereocenters. The van der Waals surface area contributed by atoms with Gasteiger partial charge in [-0.1, -0.05) is 19.9 Å². The molecule has 0 heteroatoms. The van der Waals surface area contributed by atoms with E-state index in [1.54, 1.807) is 0 Å². The molecule has 0 amide bonds. The van der Waals surface area contributed by atoms with Gasteiger partial charge in [0.25, 0.3) is 0 Å². The van der Waals surface area contributed by atoms with Gasteiger partial charge in [0.1, 0.15) is 0 Å². The standard InChI is InChI=1S/C10H18/c1-4-9-6-10(7-9)5-8(2)3/h4,8-10H,1,5-7H2,2-3H3. The zero-order valence-corrected chi connectivity index (χ0v) is 7.14. The van der Waals surface area contributed by atoms with Crippen LogP contribution in [0.1, 0.15) is 33.1 Å². The minimum Gasteiger partial charge on any atom is -0.103 e. The highest BCUT2D eigenvalue weighted by atomic mass is 14.3. The summed E-state index contributed by atoms with van der Waals surface area (Å²) in [5.74, 6) is 2.75. The van der Waals surface area contributed by atoms with Crippen LogP contribution in [0, 0.1) is 17.8 Å². The van der Waals surface area contributed by atoms with E-state index in [1.165, 1.54) is 19.3 Å². The Morgan fingerprint density at radius 1 is 1.50 bits per heavy atom. The van der Waals surface area contributed by atoms with E-state index in [4.69, 9.17) is 0 Å². The predicted octanol–water partition coefficient (Wildman–Crippen LogP) is 3.24. The van der Waals surface area contributed by atoms with Crippen LogP contribution >= 0.6 is 0 Å². The third kappa shape index (κ3) is 1.86. The van der Waals surface area contributed by atoms with Crippen molar-refractivity contribution in [2.45, 2.75) is 33.1 Å². The van der Waals surface area contributed by atoms with Gasteiger partial charge in [-0.15, -0.1) is 6.58 Å². The molecule has 0 spiro atoms. The van der Waals surface area contributed by atoms with E-state index < -0.39 is 0 Å². The van der Waals surface area contributed by atoms with Gasteiger partial charge in [-0.25, -0.2) is 0 Å². The van der Waals surface area contributed by atoms with E-state index in [1.807, 2.05) is 0 Å². The molecule has 0 unspecified atom stereocenters. The summed E-state index contributed by atoms with van der Waals surface area (Å²) in [7, 11) is 0. The average Bonchev–Trinajstić information content (AvgIpc) is 1.76. The van der Waals surface area contributed by atoms with Crippen molar-refractivity contribution in [1.29, 1.82) is 0 Å². The maximum atomic E-state index is 3.80. The second-order valence-electron chi connectivity index (χ2n) is 3.96. The summed E-state index contributed by atoms with van der Waals surface area (Å²) in [6.07, 6.45) is 6.34. The number of allylic oxidation sites excluding steroid dienone is 1. The molecule has 1 saturated carbocycles. The molecule has 0 heterocycles. The summed E-state index contributed by atoms with van der Waals surface area (Å²) >= 11 is 0. The molecule has 10 heavy (non-hydrogen) atoms. The lowest BCUT2D eigenvalue weighted by molar-refractivity contribution is 0.204. The Bertz CT molecular complexity index is 107. The van der Waals surface area contributed by atoms with Gasteiger partial charge in [-0.05, 0) is 37.0 Å². The highest BCUT2D eigenvalue weighted by Crippen LogP contribution is 2.38. The second kappa shape index (κ2) is 3.23. The first-order chi connectivity index (χ1) is 4.72. The summed E-state index contributed by atoms with van der Waals surface area (Å²) in [5, 5.41) is 0. The summed E-state index contributed by atoms with van der Waals surface area (Å²) in [5.41, 5.74) is 0. The summed E-state index contributed by atoms with van der Waals surface area (Å²) in [6.45, 7) is 8.41. The fourth-order valence-corrected chi connectivity index (χ4v) is 1.84. The van der Waals surface area contributed by atoms with Gasteiger partial charge in [-0.3, -0.25) is 0 Å². The minimum atomic E-state index is 0.851. The molecule has 58 valence electrons. The maximum absolute atomic E-state index is 3.80. The first-order valence-electron chi connectivity index (χ1n) is 4.35. The van der Waals surface area contributed by atoms with Gasteiger partial charge in [0.15, 0.2) is 0 Å². The zero-order chi connectivity index (χ0) is 7.56. The normalized spacial score (nSPS) is 31.9. The van der Waals surface area contributed by atoms with Crippen LogP contribution in [0.2, 0.25) is 0 Å². The van der Waals surface area contributed by atoms with Crippen molar-refractivity contribution < 1.29 is 0 Å². The molecule has 0 saturated heterocycles. The quantitative estimate of drug-likeness (QED) is 0.525. The molecule has 0 N–H and O–H groups in total. The van der Waals surface area contributed by atoms with Crippen molar-refractivity contribution in [2.24, 2.45) is 17.8 Å². The number of hydrogen-bond donors (Lipinski definition) is 0. The highest BCUT2D eigenvalue weighted by Gasteiger charge is 2.26. The lowest BCUT2D eigenvalue weighted by Gasteiger charge is -2.34. The third-order valence-electron chi connectivity index (χ3n) is 2.41. The van der Waals surface area contributed by atoms with Crippen LogP contribution in [-0.4, -0.2) is 0 Å². The van der Waals surface area contributed by atoms with Crippen LogP contribution in [-0.2, 0) is 0 Å². The van der Waals surface area contributed by atoms with Crippen LogP contribution < -0.4 is 0 Å². The molecule has 1 aliphatic rings. The molecule has 0 aromatic heterocycles. The smallest absolute Gasteiger partial charge is 0.0231 e. The van der Waals surface area contributed by atoms with E-state index in [9.17, 15) is 0 Å². The Morgan fingerprint density at radius 2 is 2.10 bits per heavy atom. The lowest BCUT2D eigenvalue weighted by Crippen LogP contribution is -2.22. The molecule has 0 nitrogen and oxygen atoms in total. The minimum absolute atomic E-state index is 0.851. The van der Waals surface area contributed by atoms with E-state index in [2.05, 4.69) is 26.5 Å². The van der Waals surface area contributed by atoms with Crippen LogP contribution in [0.4, 0.5) is 0 Å². The average molecular weight is 138 g/mol. The van der Waals surface area contributed by atoms with Gasteiger partial charge in [0.05, 0.1) is 0 Å². The lowest BCUT2D eigenvalue weighted by atomic mass is 9.71. The molecule has 1 rings (SSSR count). The van der Waals surface area contributed by atoms with Crippen LogP contribution in [0.3, 0.4) is 0 Å². The van der Waals surface area contributed by atoms with Gasteiger partial charge in [0.2, 0.25) is 0 Å². The van der Waals surface area contributed by atoms with Crippen molar-refractivity contribution in [1.82, 2.24) is 0 Å². The molecule has 0 aromatic rings. The third-order valence-corrected chi connectivity index (χ3v) is 2.41. The molecule has 1 aliphatic carbocycles. The Morgan fingerprint density at radius 3 is 2.50 bits per heavy atom. The fraction of sp³-hybridized carbons (Fsp3) is 0.800. The molecular weight excluding hydrogens is 120 g/mol. The second-order valence-corrected chi connectivity index (χ2v) is 3.96.